The molecule has 0 N–H and O–H groups in total. The van der Waals surface area contributed by atoms with Gasteiger partial charge in [0.05, 0.1) is 3.79 Å². The van der Waals surface area contributed by atoms with Crippen LogP contribution in [0.15, 0.2) is 22.0 Å². The second-order valence-corrected chi connectivity index (χ2v) is 6.44. The van der Waals surface area contributed by atoms with Crippen LogP contribution < -0.4 is 0 Å². The van der Waals surface area contributed by atoms with E-state index in [-0.39, 0.29) is 5.56 Å². The summed E-state index contributed by atoms with van der Waals surface area (Å²) in [6.07, 6.45) is -2.40. The van der Waals surface area contributed by atoms with E-state index in [1.165, 1.54) is 17.4 Å². The van der Waals surface area contributed by atoms with E-state index in [0.717, 1.165) is 12.7 Å². The smallest absolute Gasteiger partial charge is 0.205 e. The summed E-state index contributed by atoms with van der Waals surface area (Å²) in [6, 6.07) is 5.31. The average Bonchev–Trinajstić information content (AvgIpc) is 2.42. The minimum absolute atomic E-state index is 0.127. The Balaban J connectivity index is 2.79. The zero-order valence-corrected chi connectivity index (χ0v) is 11.3. The third-order valence-corrected chi connectivity index (χ3v) is 4.14. The highest BCUT2D eigenvalue weighted by atomic mass is 127. The number of hydrogen-bond donors (Lipinski definition) is 0. The Morgan fingerprint density at radius 1 is 1.29 bits per heavy atom. The summed E-state index contributed by atoms with van der Waals surface area (Å²) in [4.78, 5) is 0. The van der Waals surface area contributed by atoms with Crippen molar-refractivity contribution in [3.8, 4) is 0 Å². The largest absolute Gasteiger partial charge is 0.265 e. The molecular formula is C9H4BrF2IS. The van der Waals surface area contributed by atoms with E-state index in [9.17, 15) is 8.78 Å². The Bertz CT molecular complexity index is 481. The lowest BCUT2D eigenvalue weighted by atomic mass is 10.2. The highest BCUT2D eigenvalue weighted by Crippen LogP contribution is 2.37. The van der Waals surface area contributed by atoms with Crippen molar-refractivity contribution in [2.45, 2.75) is 6.43 Å². The molecule has 0 nitrogen and oxygen atoms in total. The van der Waals surface area contributed by atoms with Crippen LogP contribution in [-0.2, 0) is 0 Å². The van der Waals surface area contributed by atoms with Gasteiger partial charge in [-0.05, 0) is 62.1 Å². The Hall–Kier alpha value is 0.250. The molecule has 0 aliphatic heterocycles. The molecule has 0 unspecified atom stereocenters. The minimum atomic E-state index is -2.40. The highest BCUT2D eigenvalue weighted by molar-refractivity contribution is 14.1. The summed E-state index contributed by atoms with van der Waals surface area (Å²) in [6.45, 7) is 0. The number of thiophene rings is 1. The Labute approximate surface area is 106 Å². The van der Waals surface area contributed by atoms with Crippen molar-refractivity contribution < 1.29 is 8.78 Å². The van der Waals surface area contributed by atoms with Crippen LogP contribution in [0.3, 0.4) is 0 Å². The molecule has 1 heterocycles. The Morgan fingerprint density at radius 3 is 2.64 bits per heavy atom. The summed E-state index contributed by atoms with van der Waals surface area (Å²) in [5.74, 6) is 0. The van der Waals surface area contributed by atoms with Crippen LogP contribution in [0.4, 0.5) is 8.78 Å². The topological polar surface area (TPSA) is 0 Å². The fraction of sp³-hybridized carbons (Fsp3) is 0.111. The van der Waals surface area contributed by atoms with Crippen LogP contribution in [0.25, 0.3) is 10.1 Å². The maximum Gasteiger partial charge on any atom is 0.265 e. The highest BCUT2D eigenvalue weighted by Gasteiger charge is 2.14. The third-order valence-electron chi connectivity index (χ3n) is 1.81. The van der Waals surface area contributed by atoms with Gasteiger partial charge in [0.1, 0.15) is 0 Å². The molecule has 2 rings (SSSR count). The monoisotopic (exact) mass is 388 g/mol. The summed E-state index contributed by atoms with van der Waals surface area (Å²) in [7, 11) is 0. The zero-order valence-electron chi connectivity index (χ0n) is 6.73. The fourth-order valence-electron chi connectivity index (χ4n) is 1.27. The molecule has 0 atom stereocenters. The number of halogens is 4. The SMILES string of the molecule is FC(F)c1cc(I)cc2cc(Br)sc12. The molecule has 0 bridgehead atoms. The number of fused-ring (bicyclic) bond motifs is 1. The molecule has 14 heavy (non-hydrogen) atoms. The van der Waals surface area contributed by atoms with Crippen molar-refractivity contribution in [3.05, 3.63) is 31.1 Å². The van der Waals surface area contributed by atoms with Crippen molar-refractivity contribution >= 4 is 59.9 Å². The normalized spacial score (nSPS) is 11.5. The summed E-state index contributed by atoms with van der Waals surface area (Å²) < 4.78 is 27.8. The molecule has 0 aliphatic rings. The van der Waals surface area contributed by atoms with Crippen molar-refractivity contribution in [3.63, 3.8) is 0 Å². The van der Waals surface area contributed by atoms with Gasteiger partial charge in [-0.2, -0.15) is 0 Å². The zero-order chi connectivity index (χ0) is 10.3. The van der Waals surface area contributed by atoms with E-state index in [0.29, 0.717) is 4.70 Å². The van der Waals surface area contributed by atoms with Gasteiger partial charge in [-0.1, -0.05) is 0 Å². The quantitative estimate of drug-likeness (QED) is 0.588. The van der Waals surface area contributed by atoms with Crippen molar-refractivity contribution in [2.75, 3.05) is 0 Å². The van der Waals surface area contributed by atoms with Crippen LogP contribution in [-0.4, -0.2) is 0 Å². The number of rotatable bonds is 1. The molecule has 0 fully saturated rings. The standard InChI is InChI=1S/C9H4BrF2IS/c10-7-2-4-1-5(13)3-6(9(11)12)8(4)14-7/h1-3,9H. The molecule has 74 valence electrons. The predicted molar refractivity (Wildman–Crippen MR) is 67.2 cm³/mol. The van der Waals surface area contributed by atoms with E-state index in [4.69, 9.17) is 0 Å². The van der Waals surface area contributed by atoms with Gasteiger partial charge in [-0.3, -0.25) is 0 Å². The molecule has 2 aromatic rings. The van der Waals surface area contributed by atoms with Crippen LogP contribution in [0, 0.1) is 3.57 Å². The molecule has 1 aromatic heterocycles. The average molecular weight is 389 g/mol. The second-order valence-electron chi connectivity index (χ2n) is 2.76. The maximum absolute atomic E-state index is 12.7. The van der Waals surface area contributed by atoms with Crippen LogP contribution in [0.1, 0.15) is 12.0 Å². The van der Waals surface area contributed by atoms with Gasteiger partial charge in [0.15, 0.2) is 0 Å². The van der Waals surface area contributed by atoms with Crippen molar-refractivity contribution in [1.29, 1.82) is 0 Å². The van der Waals surface area contributed by atoms with Gasteiger partial charge < -0.3 is 0 Å². The minimum Gasteiger partial charge on any atom is -0.205 e. The first kappa shape index (κ1) is 10.8. The fourth-order valence-corrected chi connectivity index (χ4v) is 3.56. The molecule has 0 spiro atoms. The molecule has 0 radical (unpaired) electrons. The van der Waals surface area contributed by atoms with E-state index >= 15 is 0 Å². The van der Waals surface area contributed by atoms with Crippen molar-refractivity contribution in [2.24, 2.45) is 0 Å². The Morgan fingerprint density at radius 2 is 2.00 bits per heavy atom. The lowest BCUT2D eigenvalue weighted by molar-refractivity contribution is 0.153. The van der Waals surface area contributed by atoms with Gasteiger partial charge in [-0.15, -0.1) is 11.3 Å². The van der Waals surface area contributed by atoms with Gasteiger partial charge in [0.25, 0.3) is 6.43 Å². The molecule has 0 saturated carbocycles. The third kappa shape index (κ3) is 1.94. The number of benzene rings is 1. The maximum atomic E-state index is 12.7. The molecular weight excluding hydrogens is 385 g/mol. The van der Waals surface area contributed by atoms with Gasteiger partial charge in [-0.25, -0.2) is 8.78 Å². The first-order valence-corrected chi connectivity index (χ1v) is 6.43. The van der Waals surface area contributed by atoms with Crippen LogP contribution in [0.5, 0.6) is 0 Å². The van der Waals surface area contributed by atoms with Gasteiger partial charge in [0, 0.05) is 13.8 Å². The molecule has 5 heteroatoms. The lowest BCUT2D eigenvalue weighted by Gasteiger charge is -2.02. The molecule has 0 aliphatic carbocycles. The second kappa shape index (κ2) is 4.02. The first-order valence-electron chi connectivity index (χ1n) is 3.74. The first-order chi connectivity index (χ1) is 6.58. The lowest BCUT2D eigenvalue weighted by Crippen LogP contribution is -1.85. The van der Waals surface area contributed by atoms with Crippen LogP contribution >= 0.6 is 49.9 Å². The predicted octanol–water partition coefficient (Wildman–Crippen LogP) is 5.21. The molecule has 0 saturated heterocycles. The van der Waals surface area contributed by atoms with Gasteiger partial charge in [0.2, 0.25) is 0 Å². The summed E-state index contributed by atoms with van der Waals surface area (Å²) in [5, 5.41) is 0.879. The van der Waals surface area contributed by atoms with Crippen LogP contribution in [0.2, 0.25) is 0 Å². The summed E-state index contributed by atoms with van der Waals surface area (Å²) >= 11 is 6.70. The molecule has 0 amide bonds. The van der Waals surface area contributed by atoms with E-state index in [1.807, 2.05) is 12.1 Å². The van der Waals surface area contributed by atoms with E-state index < -0.39 is 6.43 Å². The number of alkyl halides is 2. The van der Waals surface area contributed by atoms with Gasteiger partial charge >= 0.3 is 0 Å². The summed E-state index contributed by atoms with van der Waals surface area (Å²) in [5.41, 5.74) is 0.127. The van der Waals surface area contributed by atoms with Crippen molar-refractivity contribution in [1.82, 2.24) is 0 Å². The van der Waals surface area contributed by atoms with E-state index in [1.54, 1.807) is 0 Å². The van der Waals surface area contributed by atoms with E-state index in [2.05, 4.69) is 38.5 Å². The molecule has 1 aromatic carbocycles. The Kier molecular flexibility index (Phi) is 3.09. The number of hydrogen-bond acceptors (Lipinski definition) is 1.